The van der Waals surface area contributed by atoms with Crippen LogP contribution in [-0.2, 0) is 16.0 Å². The summed E-state index contributed by atoms with van der Waals surface area (Å²) >= 11 is 0. The molecule has 1 amide bonds. The Morgan fingerprint density at radius 1 is 1.38 bits per heavy atom. The molecule has 0 aliphatic rings. The first-order valence-electron chi connectivity index (χ1n) is 6.45. The Kier molecular flexibility index (Phi) is 6.58. The predicted octanol–water partition coefficient (Wildman–Crippen LogP) is 2.15. The van der Waals surface area contributed by atoms with Crippen LogP contribution in [0.4, 0.5) is 8.78 Å². The molecule has 0 aliphatic carbocycles. The second kappa shape index (κ2) is 8.18. The van der Waals surface area contributed by atoms with Crippen LogP contribution >= 0.6 is 0 Å². The number of alkyl halides is 2. The number of hydrogen-bond donors (Lipinski definition) is 1. The molecule has 5 nitrogen and oxygen atoms in total. The molecule has 0 radical (unpaired) electrons. The van der Waals surface area contributed by atoms with Crippen LogP contribution in [0.1, 0.15) is 18.9 Å². The Morgan fingerprint density at radius 2 is 2.10 bits per heavy atom. The van der Waals surface area contributed by atoms with Gasteiger partial charge in [-0.2, -0.15) is 8.78 Å². The summed E-state index contributed by atoms with van der Waals surface area (Å²) < 4.78 is 28.5. The predicted molar refractivity (Wildman–Crippen MR) is 71.3 cm³/mol. The molecule has 0 fully saturated rings. The van der Waals surface area contributed by atoms with Crippen LogP contribution in [0.5, 0.6) is 5.75 Å². The molecule has 1 aromatic carbocycles. The van der Waals surface area contributed by atoms with Crippen LogP contribution < -0.4 is 4.74 Å². The maximum Gasteiger partial charge on any atom is 0.387 e. The Labute approximate surface area is 121 Å². The van der Waals surface area contributed by atoms with Crippen LogP contribution in [0, 0.1) is 0 Å². The highest BCUT2D eigenvalue weighted by Crippen LogP contribution is 2.16. The fourth-order valence-electron chi connectivity index (χ4n) is 1.81. The van der Waals surface area contributed by atoms with Crippen molar-refractivity contribution in [3.63, 3.8) is 0 Å². The van der Waals surface area contributed by atoms with Crippen molar-refractivity contribution in [1.29, 1.82) is 0 Å². The maximum atomic E-state index is 12.1. The molecular formula is C14H17F2NO4. The molecule has 0 heterocycles. The summed E-state index contributed by atoms with van der Waals surface area (Å²) in [6.07, 6.45) is -0.123. The van der Waals surface area contributed by atoms with Crippen molar-refractivity contribution in [1.82, 2.24) is 4.90 Å². The molecule has 0 bridgehead atoms. The van der Waals surface area contributed by atoms with Gasteiger partial charge in [-0.3, -0.25) is 9.59 Å². The van der Waals surface area contributed by atoms with Gasteiger partial charge < -0.3 is 14.7 Å². The van der Waals surface area contributed by atoms with Gasteiger partial charge in [0.1, 0.15) is 5.75 Å². The Bertz CT molecular complexity index is 494. The van der Waals surface area contributed by atoms with Crippen molar-refractivity contribution in [3.8, 4) is 5.75 Å². The number of hydrogen-bond acceptors (Lipinski definition) is 3. The SMILES string of the molecule is CCN(CCC(=O)O)C(=O)Cc1cccc(OC(F)F)c1. The first-order valence-corrected chi connectivity index (χ1v) is 6.45. The van der Waals surface area contributed by atoms with E-state index in [9.17, 15) is 18.4 Å². The highest BCUT2D eigenvalue weighted by Gasteiger charge is 2.14. The van der Waals surface area contributed by atoms with Crippen molar-refractivity contribution in [3.05, 3.63) is 29.8 Å². The van der Waals surface area contributed by atoms with E-state index in [0.717, 1.165) is 0 Å². The molecule has 0 saturated carbocycles. The van der Waals surface area contributed by atoms with Crippen molar-refractivity contribution in [2.75, 3.05) is 13.1 Å². The topological polar surface area (TPSA) is 66.8 Å². The molecule has 7 heteroatoms. The zero-order chi connectivity index (χ0) is 15.8. The number of nitrogens with zero attached hydrogens (tertiary/aromatic N) is 1. The molecule has 0 atom stereocenters. The molecule has 116 valence electrons. The molecule has 1 N–H and O–H groups in total. The highest BCUT2D eigenvalue weighted by molar-refractivity contribution is 5.79. The minimum Gasteiger partial charge on any atom is -0.481 e. The molecule has 0 spiro atoms. The van der Waals surface area contributed by atoms with Gasteiger partial charge in [-0.15, -0.1) is 0 Å². The van der Waals surface area contributed by atoms with Gasteiger partial charge in [-0.1, -0.05) is 12.1 Å². The summed E-state index contributed by atoms with van der Waals surface area (Å²) in [5.74, 6) is -1.24. The van der Waals surface area contributed by atoms with E-state index in [1.165, 1.54) is 23.1 Å². The lowest BCUT2D eigenvalue weighted by Gasteiger charge is -2.20. The monoisotopic (exact) mass is 301 g/mol. The number of halogens is 2. The average molecular weight is 301 g/mol. The number of rotatable bonds is 8. The van der Waals surface area contributed by atoms with Crippen molar-refractivity contribution >= 4 is 11.9 Å². The average Bonchev–Trinajstić information content (AvgIpc) is 2.38. The number of likely N-dealkylation sites (N-methyl/N-ethyl adjacent to an activating group) is 1. The van der Waals surface area contributed by atoms with E-state index in [4.69, 9.17) is 5.11 Å². The first-order chi connectivity index (χ1) is 9.92. The summed E-state index contributed by atoms with van der Waals surface area (Å²) in [5.41, 5.74) is 0.534. The standard InChI is InChI=1S/C14H17F2NO4/c1-2-17(7-6-13(19)20)12(18)9-10-4-3-5-11(8-10)21-14(15)16/h3-5,8,14H,2,6-7,9H2,1H3,(H,19,20). The highest BCUT2D eigenvalue weighted by atomic mass is 19.3. The normalized spacial score (nSPS) is 10.5. The minimum absolute atomic E-state index is 0.00783. The zero-order valence-electron chi connectivity index (χ0n) is 11.6. The van der Waals surface area contributed by atoms with Crippen molar-refractivity contribution in [2.45, 2.75) is 26.4 Å². The molecule has 1 aromatic rings. The summed E-state index contributed by atoms with van der Waals surface area (Å²) in [6, 6.07) is 5.90. The Morgan fingerprint density at radius 3 is 2.67 bits per heavy atom. The summed E-state index contributed by atoms with van der Waals surface area (Å²) in [7, 11) is 0. The van der Waals surface area contributed by atoms with Crippen LogP contribution in [0.2, 0.25) is 0 Å². The summed E-state index contributed by atoms with van der Waals surface area (Å²) in [5, 5.41) is 8.62. The minimum atomic E-state index is -2.92. The number of carbonyl (C=O) groups excluding carboxylic acids is 1. The van der Waals surface area contributed by atoms with Crippen LogP contribution in [0.25, 0.3) is 0 Å². The summed E-state index contributed by atoms with van der Waals surface area (Å²) in [6.45, 7) is -0.661. The lowest BCUT2D eigenvalue weighted by molar-refractivity contribution is -0.138. The number of carboxylic acids is 1. The van der Waals surface area contributed by atoms with Crippen LogP contribution in [0.3, 0.4) is 0 Å². The third-order valence-electron chi connectivity index (χ3n) is 2.81. The molecule has 21 heavy (non-hydrogen) atoms. The van der Waals surface area contributed by atoms with Crippen LogP contribution in [-0.4, -0.2) is 41.6 Å². The van der Waals surface area contributed by atoms with Gasteiger partial charge in [0, 0.05) is 13.1 Å². The summed E-state index contributed by atoms with van der Waals surface area (Å²) in [4.78, 5) is 24.0. The molecule has 0 unspecified atom stereocenters. The molecule has 0 aliphatic heterocycles. The third-order valence-corrected chi connectivity index (χ3v) is 2.81. The second-order valence-electron chi connectivity index (χ2n) is 4.32. The fraction of sp³-hybridized carbons (Fsp3) is 0.429. The van der Waals surface area contributed by atoms with Gasteiger partial charge in [0.15, 0.2) is 0 Å². The number of carbonyl (C=O) groups is 2. The van der Waals surface area contributed by atoms with Crippen molar-refractivity contribution in [2.24, 2.45) is 0 Å². The molecule has 0 saturated heterocycles. The number of aliphatic carboxylic acids is 1. The van der Waals surface area contributed by atoms with E-state index in [-0.39, 0.29) is 31.0 Å². The number of carboxylic acid groups (broad SMARTS) is 1. The van der Waals surface area contributed by atoms with Gasteiger partial charge in [-0.25, -0.2) is 0 Å². The van der Waals surface area contributed by atoms with E-state index in [1.807, 2.05) is 0 Å². The van der Waals surface area contributed by atoms with E-state index in [2.05, 4.69) is 4.74 Å². The maximum absolute atomic E-state index is 12.1. The quantitative estimate of drug-likeness (QED) is 0.799. The largest absolute Gasteiger partial charge is 0.481 e. The van der Waals surface area contributed by atoms with Gasteiger partial charge in [0.2, 0.25) is 5.91 Å². The fourth-order valence-corrected chi connectivity index (χ4v) is 1.81. The number of benzene rings is 1. The third kappa shape index (κ3) is 6.20. The zero-order valence-corrected chi connectivity index (χ0v) is 11.6. The lowest BCUT2D eigenvalue weighted by atomic mass is 10.1. The van der Waals surface area contributed by atoms with E-state index in [1.54, 1.807) is 13.0 Å². The molecular weight excluding hydrogens is 284 g/mol. The number of amides is 1. The number of ether oxygens (including phenoxy) is 1. The van der Waals surface area contributed by atoms with Crippen molar-refractivity contribution < 1.29 is 28.2 Å². The second-order valence-corrected chi connectivity index (χ2v) is 4.32. The van der Waals surface area contributed by atoms with Gasteiger partial charge in [0.05, 0.1) is 12.8 Å². The molecule has 1 rings (SSSR count). The van der Waals surface area contributed by atoms with Gasteiger partial charge >= 0.3 is 12.6 Å². The van der Waals surface area contributed by atoms with Gasteiger partial charge in [0.25, 0.3) is 0 Å². The van der Waals surface area contributed by atoms with E-state index in [0.29, 0.717) is 12.1 Å². The lowest BCUT2D eigenvalue weighted by Crippen LogP contribution is -2.34. The Hall–Kier alpha value is -2.18. The smallest absolute Gasteiger partial charge is 0.387 e. The van der Waals surface area contributed by atoms with Gasteiger partial charge in [-0.05, 0) is 24.6 Å². The van der Waals surface area contributed by atoms with E-state index >= 15 is 0 Å². The first kappa shape index (κ1) is 16.9. The molecule has 0 aromatic heterocycles. The van der Waals surface area contributed by atoms with E-state index < -0.39 is 12.6 Å². The Balaban J connectivity index is 2.65. The van der Waals surface area contributed by atoms with Crippen LogP contribution in [0.15, 0.2) is 24.3 Å².